The van der Waals surface area contributed by atoms with Crippen LogP contribution in [0.25, 0.3) is 5.76 Å². The number of hydrogen-bond donors (Lipinski definition) is 2. The third kappa shape index (κ3) is 3.57. The highest BCUT2D eigenvalue weighted by molar-refractivity contribution is 6.46. The first-order chi connectivity index (χ1) is 12.9. The summed E-state index contributed by atoms with van der Waals surface area (Å²) in [6.07, 6.45) is 0. The monoisotopic (exact) mass is 366 g/mol. The van der Waals surface area contributed by atoms with Crippen LogP contribution < -0.4 is 0 Å². The highest BCUT2D eigenvalue weighted by atomic mass is 16.3. The first kappa shape index (κ1) is 18.7. The van der Waals surface area contributed by atoms with Crippen molar-refractivity contribution in [2.75, 3.05) is 27.2 Å². The Morgan fingerprint density at radius 2 is 1.67 bits per heavy atom. The maximum absolute atomic E-state index is 12.8. The standard InChI is InChI=1S/C21H22N2O4/c1-22(2)12-13-23-18(14-8-4-3-5-9-14)17(20(26)21(23)27)19(25)15-10-6-7-11-16(15)24/h3-11,18,24-25H,12-13H2,1-2H3/b19-17+. The quantitative estimate of drug-likeness (QED) is 0.482. The van der Waals surface area contributed by atoms with Gasteiger partial charge in [0.05, 0.1) is 17.2 Å². The average Bonchev–Trinajstić information content (AvgIpc) is 2.91. The Bertz CT molecular complexity index is 890. The number of para-hydroxylation sites is 1. The fourth-order valence-electron chi connectivity index (χ4n) is 3.22. The van der Waals surface area contributed by atoms with E-state index in [1.807, 2.05) is 49.3 Å². The first-order valence-electron chi connectivity index (χ1n) is 8.68. The van der Waals surface area contributed by atoms with Crippen molar-refractivity contribution in [3.8, 4) is 5.75 Å². The number of ketones is 1. The van der Waals surface area contributed by atoms with Gasteiger partial charge in [-0.2, -0.15) is 0 Å². The zero-order chi connectivity index (χ0) is 19.6. The minimum atomic E-state index is -0.747. The lowest BCUT2D eigenvalue weighted by Crippen LogP contribution is -2.35. The third-order valence-corrected chi connectivity index (χ3v) is 4.60. The van der Waals surface area contributed by atoms with E-state index in [2.05, 4.69) is 0 Å². The van der Waals surface area contributed by atoms with Crippen LogP contribution in [0.3, 0.4) is 0 Å². The lowest BCUT2D eigenvalue weighted by Gasteiger charge is -2.26. The van der Waals surface area contributed by atoms with Gasteiger partial charge in [0, 0.05) is 13.1 Å². The second-order valence-corrected chi connectivity index (χ2v) is 6.72. The lowest BCUT2D eigenvalue weighted by molar-refractivity contribution is -0.140. The minimum absolute atomic E-state index is 0.00791. The smallest absolute Gasteiger partial charge is 0.295 e. The molecule has 1 saturated heterocycles. The van der Waals surface area contributed by atoms with Gasteiger partial charge in [-0.15, -0.1) is 0 Å². The molecule has 1 atom stereocenters. The average molecular weight is 366 g/mol. The van der Waals surface area contributed by atoms with Gasteiger partial charge in [0.25, 0.3) is 11.7 Å². The number of aliphatic hydroxyl groups is 1. The number of aliphatic hydroxyl groups excluding tert-OH is 1. The Balaban J connectivity index is 2.15. The van der Waals surface area contributed by atoms with E-state index < -0.39 is 17.7 Å². The lowest BCUT2D eigenvalue weighted by atomic mass is 9.95. The van der Waals surface area contributed by atoms with Gasteiger partial charge >= 0.3 is 0 Å². The van der Waals surface area contributed by atoms with Crippen LogP contribution in [0.15, 0.2) is 60.2 Å². The van der Waals surface area contributed by atoms with Crippen molar-refractivity contribution in [3.05, 3.63) is 71.3 Å². The van der Waals surface area contributed by atoms with E-state index in [4.69, 9.17) is 0 Å². The molecule has 6 heteroatoms. The largest absolute Gasteiger partial charge is 0.507 e. The molecule has 0 aromatic heterocycles. The number of Topliss-reactive ketones (excluding diaryl/α,β-unsaturated/α-hetero) is 1. The zero-order valence-electron chi connectivity index (χ0n) is 15.3. The van der Waals surface area contributed by atoms with Crippen LogP contribution in [0.5, 0.6) is 5.75 Å². The van der Waals surface area contributed by atoms with Crippen LogP contribution in [0.2, 0.25) is 0 Å². The molecule has 0 saturated carbocycles. The van der Waals surface area contributed by atoms with Gasteiger partial charge in [-0.05, 0) is 31.8 Å². The number of nitrogens with zero attached hydrogens (tertiary/aromatic N) is 2. The van der Waals surface area contributed by atoms with Gasteiger partial charge in [0.2, 0.25) is 0 Å². The number of carbonyl (C=O) groups excluding carboxylic acids is 2. The van der Waals surface area contributed by atoms with Crippen LogP contribution in [0.1, 0.15) is 17.2 Å². The summed E-state index contributed by atoms with van der Waals surface area (Å²) < 4.78 is 0. The van der Waals surface area contributed by atoms with Crippen LogP contribution in [0.4, 0.5) is 0 Å². The van der Waals surface area contributed by atoms with Gasteiger partial charge in [-0.3, -0.25) is 9.59 Å². The first-order valence-corrected chi connectivity index (χ1v) is 8.68. The molecule has 1 aliphatic rings. The van der Waals surface area contributed by atoms with Crippen LogP contribution >= 0.6 is 0 Å². The van der Waals surface area contributed by atoms with Crippen LogP contribution in [-0.4, -0.2) is 58.9 Å². The minimum Gasteiger partial charge on any atom is -0.507 e. The summed E-state index contributed by atoms with van der Waals surface area (Å²) in [5.74, 6) is -1.92. The van der Waals surface area contributed by atoms with Crippen molar-refractivity contribution in [2.24, 2.45) is 0 Å². The molecular formula is C21H22N2O4. The van der Waals surface area contributed by atoms with Crippen molar-refractivity contribution >= 4 is 17.4 Å². The van der Waals surface area contributed by atoms with E-state index in [0.717, 1.165) is 5.56 Å². The van der Waals surface area contributed by atoms with E-state index in [-0.39, 0.29) is 22.6 Å². The molecular weight excluding hydrogens is 344 g/mol. The third-order valence-electron chi connectivity index (χ3n) is 4.60. The Kier molecular flexibility index (Phi) is 5.28. The SMILES string of the molecule is CN(C)CCN1C(=O)C(=O)/C(=C(/O)c2ccccc2O)C1c1ccccc1. The molecule has 0 spiro atoms. The molecule has 27 heavy (non-hydrogen) atoms. The highest BCUT2D eigenvalue weighted by Gasteiger charge is 2.46. The number of aromatic hydroxyl groups is 1. The fraction of sp³-hybridized carbons (Fsp3) is 0.238. The van der Waals surface area contributed by atoms with Gasteiger partial charge in [-0.25, -0.2) is 0 Å². The number of phenols is 1. The number of amides is 1. The molecule has 2 aromatic rings. The summed E-state index contributed by atoms with van der Waals surface area (Å²) >= 11 is 0. The zero-order valence-corrected chi connectivity index (χ0v) is 15.3. The predicted octanol–water partition coefficient (Wildman–Crippen LogP) is 2.38. The molecule has 2 aromatic carbocycles. The number of benzene rings is 2. The van der Waals surface area contributed by atoms with Crippen molar-refractivity contribution < 1.29 is 19.8 Å². The molecule has 1 heterocycles. The summed E-state index contributed by atoms with van der Waals surface area (Å²) in [5, 5.41) is 20.9. The van der Waals surface area contributed by atoms with Gasteiger partial charge in [0.1, 0.15) is 11.5 Å². The molecule has 2 N–H and O–H groups in total. The molecule has 140 valence electrons. The number of likely N-dealkylation sites (N-methyl/N-ethyl adjacent to an activating group) is 1. The van der Waals surface area contributed by atoms with E-state index in [9.17, 15) is 19.8 Å². The second-order valence-electron chi connectivity index (χ2n) is 6.72. The Morgan fingerprint density at radius 1 is 1.04 bits per heavy atom. The molecule has 6 nitrogen and oxygen atoms in total. The second kappa shape index (κ2) is 7.63. The molecule has 1 aliphatic heterocycles. The molecule has 3 rings (SSSR count). The summed E-state index contributed by atoms with van der Waals surface area (Å²) in [6, 6.07) is 14.6. The number of likely N-dealkylation sites (tertiary alicyclic amines) is 1. The molecule has 0 aliphatic carbocycles. The maximum atomic E-state index is 12.8. The van der Waals surface area contributed by atoms with Crippen molar-refractivity contribution in [1.29, 1.82) is 0 Å². The summed E-state index contributed by atoms with van der Waals surface area (Å²) in [5.41, 5.74) is 0.850. The van der Waals surface area contributed by atoms with Gasteiger partial charge in [0.15, 0.2) is 0 Å². The van der Waals surface area contributed by atoms with Crippen molar-refractivity contribution in [2.45, 2.75) is 6.04 Å². The summed E-state index contributed by atoms with van der Waals surface area (Å²) in [7, 11) is 3.77. The fourth-order valence-corrected chi connectivity index (χ4v) is 3.22. The van der Waals surface area contributed by atoms with E-state index in [0.29, 0.717) is 13.1 Å². The Morgan fingerprint density at radius 3 is 2.30 bits per heavy atom. The van der Waals surface area contributed by atoms with Crippen LogP contribution in [0, 0.1) is 0 Å². The molecule has 1 fully saturated rings. The highest BCUT2D eigenvalue weighted by Crippen LogP contribution is 2.40. The van der Waals surface area contributed by atoms with Crippen LogP contribution in [-0.2, 0) is 9.59 Å². The Hall–Kier alpha value is -3.12. The van der Waals surface area contributed by atoms with Gasteiger partial charge < -0.3 is 20.0 Å². The number of carbonyl (C=O) groups is 2. The topological polar surface area (TPSA) is 81.1 Å². The van der Waals surface area contributed by atoms with E-state index in [1.165, 1.54) is 17.0 Å². The summed E-state index contributed by atoms with van der Waals surface area (Å²) in [4.78, 5) is 28.8. The molecule has 0 bridgehead atoms. The molecule has 0 radical (unpaired) electrons. The Labute approximate surface area is 158 Å². The van der Waals surface area contributed by atoms with E-state index >= 15 is 0 Å². The normalized spacial score (nSPS) is 19.1. The summed E-state index contributed by atoms with van der Waals surface area (Å²) in [6.45, 7) is 0.918. The molecule has 1 unspecified atom stereocenters. The predicted molar refractivity (Wildman–Crippen MR) is 102 cm³/mol. The van der Waals surface area contributed by atoms with E-state index in [1.54, 1.807) is 12.1 Å². The number of phenolic OH excluding ortho intramolecular Hbond substituents is 1. The number of rotatable bonds is 5. The van der Waals surface area contributed by atoms with Crippen molar-refractivity contribution in [3.63, 3.8) is 0 Å². The maximum Gasteiger partial charge on any atom is 0.295 e. The van der Waals surface area contributed by atoms with Crippen molar-refractivity contribution in [1.82, 2.24) is 9.80 Å². The molecule has 1 amide bonds. The van der Waals surface area contributed by atoms with Gasteiger partial charge in [-0.1, -0.05) is 42.5 Å². The number of hydrogen-bond acceptors (Lipinski definition) is 5.